The molecule has 2 N–H and O–H groups in total. The Hall–Kier alpha value is -2.47. The molecule has 0 saturated heterocycles. The molecule has 1 aliphatic rings. The van der Waals surface area contributed by atoms with Gasteiger partial charge in [-0.1, -0.05) is 18.2 Å². The van der Waals surface area contributed by atoms with E-state index in [-0.39, 0.29) is 6.79 Å². The molecule has 3 rings (SSSR count). The van der Waals surface area contributed by atoms with Crippen LogP contribution in [-0.4, -0.2) is 25.1 Å². The van der Waals surface area contributed by atoms with Crippen LogP contribution in [0.5, 0.6) is 17.2 Å². The topological polar surface area (TPSA) is 51.8 Å². The van der Waals surface area contributed by atoms with Gasteiger partial charge in [0.25, 0.3) is 0 Å². The monoisotopic (exact) mass is 358 g/mol. The van der Waals surface area contributed by atoms with E-state index >= 15 is 0 Å². The lowest BCUT2D eigenvalue weighted by Gasteiger charge is -2.11. The zero-order valence-corrected chi connectivity index (χ0v) is 15.0. The van der Waals surface area contributed by atoms with Gasteiger partial charge in [0.05, 0.1) is 6.61 Å². The van der Waals surface area contributed by atoms with E-state index in [1.54, 1.807) is 0 Å². The number of nitrogens with one attached hydrogen (secondary N) is 2. The van der Waals surface area contributed by atoms with Gasteiger partial charge in [-0.15, -0.1) is 0 Å². The summed E-state index contributed by atoms with van der Waals surface area (Å²) < 4.78 is 16.1. The minimum atomic E-state index is 0.289. The van der Waals surface area contributed by atoms with Gasteiger partial charge in [0, 0.05) is 13.1 Å². The van der Waals surface area contributed by atoms with Gasteiger partial charge in [-0.25, -0.2) is 0 Å². The van der Waals surface area contributed by atoms with Crippen molar-refractivity contribution in [3.63, 3.8) is 0 Å². The Kier molecular flexibility index (Phi) is 5.95. The van der Waals surface area contributed by atoms with Crippen LogP contribution in [0, 0.1) is 0 Å². The molecular weight excluding hydrogens is 336 g/mol. The van der Waals surface area contributed by atoms with E-state index in [2.05, 4.69) is 22.8 Å². The number of hydrogen-bond acceptors (Lipinski definition) is 4. The predicted molar refractivity (Wildman–Crippen MR) is 101 cm³/mol. The van der Waals surface area contributed by atoms with E-state index in [4.69, 9.17) is 26.4 Å². The summed E-state index contributed by atoms with van der Waals surface area (Å²) in [5.74, 6) is 2.48. The lowest BCUT2D eigenvalue weighted by Crippen LogP contribution is -2.35. The van der Waals surface area contributed by atoms with Gasteiger partial charge in [0.2, 0.25) is 6.79 Å². The third kappa shape index (κ3) is 5.00. The first kappa shape index (κ1) is 17.4. The Morgan fingerprint density at radius 3 is 2.60 bits per heavy atom. The Morgan fingerprint density at radius 1 is 1.04 bits per heavy atom. The van der Waals surface area contributed by atoms with Gasteiger partial charge in [-0.2, -0.15) is 0 Å². The van der Waals surface area contributed by atoms with Crippen LogP contribution in [0.1, 0.15) is 18.1 Å². The van der Waals surface area contributed by atoms with Crippen LogP contribution in [0.3, 0.4) is 0 Å². The normalized spacial score (nSPS) is 11.9. The van der Waals surface area contributed by atoms with Gasteiger partial charge in [-0.05, 0) is 61.0 Å². The Morgan fingerprint density at radius 2 is 1.80 bits per heavy atom. The zero-order chi connectivity index (χ0) is 17.5. The number of rotatable bonds is 7. The fraction of sp³-hybridized carbons (Fsp3) is 0.316. The van der Waals surface area contributed by atoms with Crippen molar-refractivity contribution in [3.05, 3.63) is 53.6 Å². The van der Waals surface area contributed by atoms with Crippen molar-refractivity contribution in [2.24, 2.45) is 0 Å². The molecule has 2 aromatic rings. The molecule has 0 atom stereocenters. The molecule has 132 valence electrons. The second kappa shape index (κ2) is 8.58. The molecule has 0 aliphatic carbocycles. The summed E-state index contributed by atoms with van der Waals surface area (Å²) in [5, 5.41) is 7.08. The van der Waals surface area contributed by atoms with Crippen LogP contribution in [0.2, 0.25) is 0 Å². The van der Waals surface area contributed by atoms with E-state index in [9.17, 15) is 0 Å². The van der Waals surface area contributed by atoms with Crippen LogP contribution in [0.4, 0.5) is 0 Å². The fourth-order valence-electron chi connectivity index (χ4n) is 2.54. The second-order valence-electron chi connectivity index (χ2n) is 5.62. The summed E-state index contributed by atoms with van der Waals surface area (Å²) in [4.78, 5) is 0. The molecule has 0 amide bonds. The standard InChI is InChI=1S/C19H22N2O3S/c1-2-22-16-6-3-14(4-7-16)9-10-20-19(25)21-12-15-5-8-17-18(11-15)24-13-23-17/h3-8,11H,2,9-10,12-13H2,1H3,(H2,20,21,25). The van der Waals surface area contributed by atoms with Gasteiger partial charge >= 0.3 is 0 Å². The molecule has 1 heterocycles. The molecule has 0 bridgehead atoms. The minimum absolute atomic E-state index is 0.289. The summed E-state index contributed by atoms with van der Waals surface area (Å²) in [6, 6.07) is 14.0. The molecule has 0 fully saturated rings. The zero-order valence-electron chi connectivity index (χ0n) is 14.2. The number of ether oxygens (including phenoxy) is 3. The van der Waals surface area contributed by atoms with Crippen LogP contribution in [0.15, 0.2) is 42.5 Å². The maximum absolute atomic E-state index is 5.44. The summed E-state index contributed by atoms with van der Waals surface area (Å²) >= 11 is 5.33. The van der Waals surface area contributed by atoms with Crippen molar-refractivity contribution in [2.75, 3.05) is 19.9 Å². The van der Waals surface area contributed by atoms with Crippen LogP contribution in [-0.2, 0) is 13.0 Å². The smallest absolute Gasteiger partial charge is 0.231 e. The molecule has 0 radical (unpaired) electrons. The van der Waals surface area contributed by atoms with E-state index < -0.39 is 0 Å². The van der Waals surface area contributed by atoms with Crippen molar-refractivity contribution in [1.29, 1.82) is 0 Å². The number of benzene rings is 2. The third-order valence-electron chi connectivity index (χ3n) is 3.82. The Labute approximate surface area is 153 Å². The Balaban J connectivity index is 1.38. The molecular formula is C19H22N2O3S. The Bertz CT molecular complexity index is 719. The average Bonchev–Trinajstić information content (AvgIpc) is 3.09. The SMILES string of the molecule is CCOc1ccc(CCNC(=S)NCc2ccc3c(c2)OCO3)cc1. The maximum Gasteiger partial charge on any atom is 0.231 e. The molecule has 0 unspecified atom stereocenters. The molecule has 1 aliphatic heterocycles. The molecule has 0 saturated carbocycles. The van der Waals surface area contributed by atoms with E-state index in [1.807, 2.05) is 37.3 Å². The highest BCUT2D eigenvalue weighted by Gasteiger charge is 2.12. The van der Waals surface area contributed by atoms with E-state index in [1.165, 1.54) is 5.56 Å². The highest BCUT2D eigenvalue weighted by atomic mass is 32.1. The average molecular weight is 358 g/mol. The van der Waals surface area contributed by atoms with E-state index in [0.717, 1.165) is 35.8 Å². The molecule has 5 nitrogen and oxygen atoms in total. The predicted octanol–water partition coefficient (Wildman–Crippen LogP) is 3.02. The van der Waals surface area contributed by atoms with E-state index in [0.29, 0.717) is 18.3 Å². The molecule has 2 aromatic carbocycles. The quantitative estimate of drug-likeness (QED) is 0.742. The van der Waals surface area contributed by atoms with Crippen molar-refractivity contribution in [3.8, 4) is 17.2 Å². The summed E-state index contributed by atoms with van der Waals surface area (Å²) in [7, 11) is 0. The van der Waals surface area contributed by atoms with Crippen molar-refractivity contribution < 1.29 is 14.2 Å². The number of hydrogen-bond donors (Lipinski definition) is 2. The van der Waals surface area contributed by atoms with Crippen molar-refractivity contribution >= 4 is 17.3 Å². The highest BCUT2D eigenvalue weighted by Crippen LogP contribution is 2.32. The molecule has 0 aromatic heterocycles. The van der Waals surface area contributed by atoms with Crippen LogP contribution in [0.25, 0.3) is 0 Å². The summed E-state index contributed by atoms with van der Waals surface area (Å²) in [5.41, 5.74) is 2.34. The van der Waals surface area contributed by atoms with Crippen LogP contribution >= 0.6 is 12.2 Å². The number of fused-ring (bicyclic) bond motifs is 1. The molecule has 0 spiro atoms. The first-order chi connectivity index (χ1) is 12.2. The summed E-state index contributed by atoms with van der Waals surface area (Å²) in [6.45, 7) is 4.38. The van der Waals surface area contributed by atoms with Gasteiger partial charge < -0.3 is 24.8 Å². The van der Waals surface area contributed by atoms with Gasteiger partial charge in [-0.3, -0.25) is 0 Å². The van der Waals surface area contributed by atoms with Crippen molar-refractivity contribution in [1.82, 2.24) is 10.6 Å². The number of thiocarbonyl (C=S) groups is 1. The van der Waals surface area contributed by atoms with Gasteiger partial charge in [0.1, 0.15) is 5.75 Å². The molecule has 25 heavy (non-hydrogen) atoms. The van der Waals surface area contributed by atoms with Crippen molar-refractivity contribution in [2.45, 2.75) is 19.9 Å². The second-order valence-corrected chi connectivity index (χ2v) is 6.03. The van der Waals surface area contributed by atoms with Crippen LogP contribution < -0.4 is 24.8 Å². The highest BCUT2D eigenvalue weighted by molar-refractivity contribution is 7.80. The maximum atomic E-state index is 5.44. The third-order valence-corrected chi connectivity index (χ3v) is 4.11. The molecule has 6 heteroatoms. The lowest BCUT2D eigenvalue weighted by molar-refractivity contribution is 0.174. The lowest BCUT2D eigenvalue weighted by atomic mass is 10.1. The minimum Gasteiger partial charge on any atom is -0.494 e. The first-order valence-corrected chi connectivity index (χ1v) is 8.77. The first-order valence-electron chi connectivity index (χ1n) is 8.36. The van der Waals surface area contributed by atoms with Gasteiger partial charge in [0.15, 0.2) is 16.6 Å². The fourth-order valence-corrected chi connectivity index (χ4v) is 2.71. The summed E-state index contributed by atoms with van der Waals surface area (Å²) in [6.07, 6.45) is 0.901. The largest absolute Gasteiger partial charge is 0.494 e.